The molecule has 8 heteroatoms. The highest BCUT2D eigenvalue weighted by atomic mass is 16.2. The largest absolute Gasteiger partial charge is 0.340 e. The van der Waals surface area contributed by atoms with E-state index in [1.807, 2.05) is 42.2 Å². The highest BCUT2D eigenvalue weighted by molar-refractivity contribution is 5.77. The molecule has 0 spiro atoms. The Hall–Kier alpha value is -3.78. The average molecular weight is 471 g/mol. The molecule has 3 heterocycles. The van der Waals surface area contributed by atoms with Gasteiger partial charge in [0.1, 0.15) is 11.2 Å². The van der Waals surface area contributed by atoms with Crippen LogP contribution in [0.2, 0.25) is 0 Å². The highest BCUT2D eigenvalue weighted by Gasteiger charge is 2.22. The molecule has 0 atom stereocenters. The molecule has 0 aliphatic carbocycles. The van der Waals surface area contributed by atoms with E-state index in [-0.39, 0.29) is 17.9 Å². The van der Waals surface area contributed by atoms with E-state index < -0.39 is 0 Å². The summed E-state index contributed by atoms with van der Waals surface area (Å²) >= 11 is 0. The summed E-state index contributed by atoms with van der Waals surface area (Å²) in [6.07, 6.45) is 1.84. The molecule has 1 aliphatic rings. The Balaban J connectivity index is 1.23. The standard InChI is InChI=1S/C27H30N6O2/c1-20-8-10-23(11-9-20)33-26-24(18-28-33)27(35)32(21(2)29-26)13-12-25(34)31-16-14-30(15-17-31)19-22-6-4-3-5-7-22/h3-11,18H,12-17,19H2,1-2H3. The minimum atomic E-state index is -0.161. The topological polar surface area (TPSA) is 76.3 Å². The van der Waals surface area contributed by atoms with Gasteiger partial charge in [0.05, 0.1) is 11.9 Å². The molecule has 4 aromatic rings. The number of carbonyl (C=O) groups excluding carboxylic acids is 1. The van der Waals surface area contributed by atoms with E-state index in [0.29, 0.717) is 36.5 Å². The van der Waals surface area contributed by atoms with Crippen molar-refractivity contribution in [3.63, 3.8) is 0 Å². The molecular formula is C27H30N6O2. The molecule has 5 rings (SSSR count). The van der Waals surface area contributed by atoms with Gasteiger partial charge < -0.3 is 4.90 Å². The fourth-order valence-electron chi connectivity index (χ4n) is 4.61. The van der Waals surface area contributed by atoms with E-state index in [4.69, 9.17) is 0 Å². The Kier molecular flexibility index (Phi) is 6.46. The second-order valence-corrected chi connectivity index (χ2v) is 9.14. The quantitative estimate of drug-likeness (QED) is 0.433. The van der Waals surface area contributed by atoms with Gasteiger partial charge in [0.15, 0.2) is 5.65 Å². The van der Waals surface area contributed by atoms with Gasteiger partial charge in [0.2, 0.25) is 5.91 Å². The maximum Gasteiger partial charge on any atom is 0.264 e. The van der Waals surface area contributed by atoms with Gasteiger partial charge in [-0.1, -0.05) is 48.0 Å². The molecule has 1 aliphatic heterocycles. The molecule has 0 radical (unpaired) electrons. The number of fused-ring (bicyclic) bond motifs is 1. The first-order chi connectivity index (χ1) is 17.0. The molecule has 2 aromatic carbocycles. The van der Waals surface area contributed by atoms with Gasteiger partial charge in [0.25, 0.3) is 5.56 Å². The van der Waals surface area contributed by atoms with Gasteiger partial charge in [-0.15, -0.1) is 0 Å². The number of amides is 1. The van der Waals surface area contributed by atoms with E-state index in [1.54, 1.807) is 22.4 Å². The number of rotatable bonds is 6. The lowest BCUT2D eigenvalue weighted by atomic mass is 10.2. The van der Waals surface area contributed by atoms with Crippen LogP contribution in [0.25, 0.3) is 16.7 Å². The van der Waals surface area contributed by atoms with Crippen molar-refractivity contribution in [2.24, 2.45) is 0 Å². The number of carbonyl (C=O) groups is 1. The van der Waals surface area contributed by atoms with Crippen LogP contribution < -0.4 is 5.56 Å². The van der Waals surface area contributed by atoms with Crippen LogP contribution in [0, 0.1) is 13.8 Å². The SMILES string of the molecule is Cc1ccc(-n2ncc3c(=O)n(CCC(=O)N4CCN(Cc5ccccc5)CC4)c(C)nc32)cc1. The van der Waals surface area contributed by atoms with Crippen molar-refractivity contribution in [1.29, 1.82) is 0 Å². The molecule has 180 valence electrons. The van der Waals surface area contributed by atoms with E-state index in [0.717, 1.165) is 30.9 Å². The number of aromatic nitrogens is 4. The third-order valence-corrected chi connectivity index (χ3v) is 6.68. The van der Waals surface area contributed by atoms with Gasteiger partial charge >= 0.3 is 0 Å². The Morgan fingerprint density at radius 2 is 1.66 bits per heavy atom. The molecule has 8 nitrogen and oxygen atoms in total. The summed E-state index contributed by atoms with van der Waals surface area (Å²) in [4.78, 5) is 35.0. The van der Waals surface area contributed by atoms with Gasteiger partial charge in [-0.05, 0) is 31.5 Å². The van der Waals surface area contributed by atoms with Crippen molar-refractivity contribution in [3.8, 4) is 5.69 Å². The zero-order valence-electron chi connectivity index (χ0n) is 20.2. The summed E-state index contributed by atoms with van der Waals surface area (Å²) in [5.74, 6) is 0.656. The molecule has 1 fully saturated rings. The maximum absolute atomic E-state index is 13.2. The fourth-order valence-corrected chi connectivity index (χ4v) is 4.61. The molecule has 35 heavy (non-hydrogen) atoms. The summed E-state index contributed by atoms with van der Waals surface area (Å²) in [6, 6.07) is 18.3. The number of piperazine rings is 1. The zero-order chi connectivity index (χ0) is 24.4. The van der Waals surface area contributed by atoms with Gasteiger partial charge in [0, 0.05) is 45.7 Å². The minimum Gasteiger partial charge on any atom is -0.340 e. The van der Waals surface area contributed by atoms with Gasteiger partial charge in [-0.25, -0.2) is 9.67 Å². The zero-order valence-corrected chi connectivity index (χ0v) is 20.2. The smallest absolute Gasteiger partial charge is 0.264 e. The Morgan fingerprint density at radius 1 is 0.943 bits per heavy atom. The van der Waals surface area contributed by atoms with Crippen molar-refractivity contribution in [2.45, 2.75) is 33.4 Å². The predicted molar refractivity (Wildman–Crippen MR) is 136 cm³/mol. The van der Waals surface area contributed by atoms with E-state index in [9.17, 15) is 9.59 Å². The van der Waals surface area contributed by atoms with Crippen LogP contribution in [0.5, 0.6) is 0 Å². The molecule has 0 unspecified atom stereocenters. The van der Waals surface area contributed by atoms with Crippen LogP contribution in [0.1, 0.15) is 23.4 Å². The van der Waals surface area contributed by atoms with Crippen LogP contribution >= 0.6 is 0 Å². The van der Waals surface area contributed by atoms with Crippen LogP contribution in [-0.2, 0) is 17.9 Å². The maximum atomic E-state index is 13.2. The molecule has 1 amide bonds. The molecule has 1 saturated heterocycles. The third-order valence-electron chi connectivity index (χ3n) is 6.68. The van der Waals surface area contributed by atoms with Gasteiger partial charge in [-0.3, -0.25) is 19.1 Å². The molecule has 0 N–H and O–H groups in total. The number of benzene rings is 2. The van der Waals surface area contributed by atoms with Crippen LogP contribution in [0.15, 0.2) is 65.6 Å². The van der Waals surface area contributed by atoms with Crippen LogP contribution in [0.4, 0.5) is 0 Å². The van der Waals surface area contributed by atoms with E-state index >= 15 is 0 Å². The predicted octanol–water partition coefficient (Wildman–Crippen LogP) is 2.93. The average Bonchev–Trinajstić information content (AvgIpc) is 3.29. The van der Waals surface area contributed by atoms with Crippen molar-refractivity contribution in [1.82, 2.24) is 29.1 Å². The number of hydrogen-bond donors (Lipinski definition) is 0. The summed E-state index contributed by atoms with van der Waals surface area (Å²) < 4.78 is 3.28. The summed E-state index contributed by atoms with van der Waals surface area (Å²) in [5.41, 5.74) is 3.67. The van der Waals surface area contributed by atoms with Crippen molar-refractivity contribution < 1.29 is 4.79 Å². The highest BCUT2D eigenvalue weighted by Crippen LogP contribution is 2.16. The van der Waals surface area contributed by atoms with E-state index in [1.165, 1.54) is 5.56 Å². The first kappa shape index (κ1) is 23.0. The summed E-state index contributed by atoms with van der Waals surface area (Å²) in [7, 11) is 0. The number of nitrogens with zero attached hydrogens (tertiary/aromatic N) is 6. The summed E-state index contributed by atoms with van der Waals surface area (Å²) in [5, 5.41) is 4.86. The van der Waals surface area contributed by atoms with Crippen molar-refractivity contribution >= 4 is 16.9 Å². The second-order valence-electron chi connectivity index (χ2n) is 9.14. The lowest BCUT2D eigenvalue weighted by molar-refractivity contribution is -0.133. The number of hydrogen-bond acceptors (Lipinski definition) is 5. The van der Waals surface area contributed by atoms with Crippen LogP contribution in [0.3, 0.4) is 0 Å². The Bertz CT molecular complexity index is 1380. The number of aryl methyl sites for hydroxylation is 2. The first-order valence-electron chi connectivity index (χ1n) is 12.1. The molecule has 0 bridgehead atoms. The van der Waals surface area contributed by atoms with Crippen LogP contribution in [-0.4, -0.2) is 61.2 Å². The monoisotopic (exact) mass is 470 g/mol. The molecule has 2 aromatic heterocycles. The first-order valence-corrected chi connectivity index (χ1v) is 12.1. The minimum absolute atomic E-state index is 0.0751. The fraction of sp³-hybridized carbons (Fsp3) is 0.333. The Morgan fingerprint density at radius 3 is 2.37 bits per heavy atom. The Labute approximate surface area is 204 Å². The van der Waals surface area contributed by atoms with Gasteiger partial charge in [-0.2, -0.15) is 5.10 Å². The third kappa shape index (κ3) is 4.88. The van der Waals surface area contributed by atoms with E-state index in [2.05, 4.69) is 39.2 Å². The summed E-state index contributed by atoms with van der Waals surface area (Å²) in [6.45, 7) is 8.17. The lowest BCUT2D eigenvalue weighted by Gasteiger charge is -2.35. The van der Waals surface area contributed by atoms with Crippen molar-refractivity contribution in [2.75, 3.05) is 26.2 Å². The molecular weight excluding hydrogens is 440 g/mol. The van der Waals surface area contributed by atoms with Crippen molar-refractivity contribution in [3.05, 3.63) is 88.1 Å². The lowest BCUT2D eigenvalue weighted by Crippen LogP contribution is -2.48. The molecule has 0 saturated carbocycles. The normalized spacial score (nSPS) is 14.5. The second kappa shape index (κ2) is 9.84.